The van der Waals surface area contributed by atoms with Crippen LogP contribution in [0.4, 0.5) is 0 Å². The molecule has 2 aliphatic rings. The van der Waals surface area contributed by atoms with Gasteiger partial charge in [-0.05, 0) is 38.0 Å². The minimum absolute atomic E-state index is 0.144. The lowest BCUT2D eigenvalue weighted by Gasteiger charge is -2.18. The third kappa shape index (κ3) is 2.88. The number of ketones is 1. The summed E-state index contributed by atoms with van der Waals surface area (Å²) in [7, 11) is 0. The van der Waals surface area contributed by atoms with E-state index in [2.05, 4.69) is 6.08 Å². The third-order valence-corrected chi connectivity index (χ3v) is 4.81. The first-order valence-corrected chi connectivity index (χ1v) is 7.68. The van der Waals surface area contributed by atoms with Crippen LogP contribution in [0.1, 0.15) is 40.5 Å². The van der Waals surface area contributed by atoms with Gasteiger partial charge in [0, 0.05) is 19.0 Å². The summed E-state index contributed by atoms with van der Waals surface area (Å²) in [4.78, 5) is 26.7. The van der Waals surface area contributed by atoms with Gasteiger partial charge in [-0.25, -0.2) is 0 Å². The van der Waals surface area contributed by atoms with Gasteiger partial charge in [0.2, 0.25) is 5.91 Å². The molecule has 1 saturated heterocycles. The molecule has 0 aromatic rings. The summed E-state index contributed by atoms with van der Waals surface area (Å²) in [6.45, 7) is 9.44. The maximum atomic E-state index is 12.6. The van der Waals surface area contributed by atoms with E-state index in [1.807, 2.05) is 33.8 Å². The van der Waals surface area contributed by atoms with Crippen LogP contribution < -0.4 is 0 Å². The van der Waals surface area contributed by atoms with Crippen LogP contribution in [0, 0.1) is 34.5 Å². The topological polar surface area (TPSA) is 61.2 Å². The monoisotopic (exact) mass is 288 g/mol. The SMILES string of the molecule is CC(C)=C[C@@H]1[C@@H](C(=O)[C@@H](C#N)C(=O)N2CCCC2)C1(C)C. The summed E-state index contributed by atoms with van der Waals surface area (Å²) in [6.07, 6.45) is 4.03. The van der Waals surface area contributed by atoms with Crippen LogP contribution in [0.3, 0.4) is 0 Å². The molecule has 1 saturated carbocycles. The molecule has 1 heterocycles. The van der Waals surface area contributed by atoms with Crippen LogP contribution in [0.5, 0.6) is 0 Å². The third-order valence-electron chi connectivity index (χ3n) is 4.81. The minimum Gasteiger partial charge on any atom is -0.341 e. The van der Waals surface area contributed by atoms with Crippen molar-refractivity contribution in [1.29, 1.82) is 5.26 Å². The number of hydrogen-bond acceptors (Lipinski definition) is 3. The molecule has 4 nitrogen and oxygen atoms in total. The second kappa shape index (κ2) is 5.63. The van der Waals surface area contributed by atoms with Crippen LogP contribution in [-0.4, -0.2) is 29.7 Å². The predicted octanol–water partition coefficient (Wildman–Crippen LogP) is 2.56. The first-order valence-electron chi connectivity index (χ1n) is 7.68. The van der Waals surface area contributed by atoms with E-state index < -0.39 is 5.92 Å². The normalized spacial score (nSPS) is 27.7. The number of rotatable bonds is 4. The fourth-order valence-electron chi connectivity index (χ4n) is 3.43. The average Bonchev–Trinajstić information content (AvgIpc) is 2.82. The lowest BCUT2D eigenvalue weighted by molar-refractivity contribution is -0.138. The van der Waals surface area contributed by atoms with E-state index in [4.69, 9.17) is 0 Å². The minimum atomic E-state index is -1.12. The average molecular weight is 288 g/mol. The highest BCUT2D eigenvalue weighted by Crippen LogP contribution is 2.60. The largest absolute Gasteiger partial charge is 0.341 e. The summed E-state index contributed by atoms with van der Waals surface area (Å²) in [5.41, 5.74) is 1.03. The number of carbonyl (C=O) groups is 2. The van der Waals surface area contributed by atoms with Gasteiger partial charge in [-0.2, -0.15) is 5.26 Å². The fourth-order valence-corrected chi connectivity index (χ4v) is 3.43. The second-order valence-corrected chi connectivity index (χ2v) is 7.07. The van der Waals surface area contributed by atoms with Crippen molar-refractivity contribution in [2.24, 2.45) is 23.2 Å². The van der Waals surface area contributed by atoms with E-state index in [-0.39, 0.29) is 28.9 Å². The van der Waals surface area contributed by atoms with Crippen molar-refractivity contribution in [2.75, 3.05) is 13.1 Å². The molecule has 0 bridgehead atoms. The molecule has 0 aromatic carbocycles. The van der Waals surface area contributed by atoms with E-state index in [9.17, 15) is 14.9 Å². The van der Waals surface area contributed by atoms with Gasteiger partial charge in [0.05, 0.1) is 6.07 Å². The van der Waals surface area contributed by atoms with Crippen LogP contribution in [0.2, 0.25) is 0 Å². The molecule has 3 atom stereocenters. The molecular weight excluding hydrogens is 264 g/mol. The Bertz CT molecular complexity index is 517. The molecular formula is C17H24N2O2. The zero-order chi connectivity index (χ0) is 15.8. The van der Waals surface area contributed by atoms with Crippen LogP contribution in [0.15, 0.2) is 11.6 Å². The molecule has 2 rings (SSSR count). The molecule has 2 fully saturated rings. The zero-order valence-corrected chi connectivity index (χ0v) is 13.3. The maximum absolute atomic E-state index is 12.6. The Balaban J connectivity index is 2.13. The fraction of sp³-hybridized carbons (Fsp3) is 0.706. The van der Waals surface area contributed by atoms with Crippen molar-refractivity contribution in [1.82, 2.24) is 4.90 Å². The Hall–Kier alpha value is -1.63. The molecule has 21 heavy (non-hydrogen) atoms. The Labute approximate surface area is 126 Å². The Morgan fingerprint density at radius 2 is 1.86 bits per heavy atom. The van der Waals surface area contributed by atoms with Gasteiger partial charge >= 0.3 is 0 Å². The molecule has 0 unspecified atom stereocenters. The van der Waals surface area contributed by atoms with Crippen molar-refractivity contribution in [3.05, 3.63) is 11.6 Å². The van der Waals surface area contributed by atoms with Crippen molar-refractivity contribution in [2.45, 2.75) is 40.5 Å². The predicted molar refractivity (Wildman–Crippen MR) is 80.1 cm³/mol. The highest BCUT2D eigenvalue weighted by Gasteiger charge is 2.62. The summed E-state index contributed by atoms with van der Waals surface area (Å²) in [5, 5.41) is 9.31. The maximum Gasteiger partial charge on any atom is 0.247 e. The Morgan fingerprint density at radius 3 is 2.33 bits per heavy atom. The van der Waals surface area contributed by atoms with Crippen LogP contribution >= 0.6 is 0 Å². The molecule has 0 aromatic heterocycles. The van der Waals surface area contributed by atoms with E-state index in [1.165, 1.54) is 5.57 Å². The smallest absolute Gasteiger partial charge is 0.247 e. The molecule has 1 amide bonds. The first-order chi connectivity index (χ1) is 9.80. The molecule has 0 radical (unpaired) electrons. The van der Waals surface area contributed by atoms with Gasteiger partial charge in [0.15, 0.2) is 11.7 Å². The number of nitrogens with zero attached hydrogens (tertiary/aromatic N) is 2. The lowest BCUT2D eigenvalue weighted by atomic mass is 9.96. The van der Waals surface area contributed by atoms with Crippen molar-refractivity contribution < 1.29 is 9.59 Å². The van der Waals surface area contributed by atoms with E-state index >= 15 is 0 Å². The van der Waals surface area contributed by atoms with Gasteiger partial charge < -0.3 is 4.90 Å². The lowest BCUT2D eigenvalue weighted by Crippen LogP contribution is -2.38. The van der Waals surface area contributed by atoms with Gasteiger partial charge in [0.25, 0.3) is 0 Å². The molecule has 0 N–H and O–H groups in total. The van der Waals surface area contributed by atoms with Gasteiger partial charge in [0.1, 0.15) is 0 Å². The molecule has 114 valence electrons. The number of hydrogen-bond donors (Lipinski definition) is 0. The summed E-state index contributed by atoms with van der Waals surface area (Å²) >= 11 is 0. The highest BCUT2D eigenvalue weighted by molar-refractivity contribution is 6.06. The molecule has 1 aliphatic carbocycles. The van der Waals surface area contributed by atoms with E-state index in [1.54, 1.807) is 4.90 Å². The summed E-state index contributed by atoms with van der Waals surface area (Å²) < 4.78 is 0. The van der Waals surface area contributed by atoms with Crippen LogP contribution in [0.25, 0.3) is 0 Å². The summed E-state index contributed by atoms with van der Waals surface area (Å²) in [5.74, 6) is -1.66. The standard InChI is InChI=1S/C17H24N2O2/c1-11(2)9-13-14(17(13,3)4)15(20)12(10-18)16(21)19-7-5-6-8-19/h9,12-14H,5-8H2,1-4H3/t12-,13-,14+/m1/s1. The van der Waals surface area contributed by atoms with Crippen molar-refractivity contribution in [3.8, 4) is 6.07 Å². The number of carbonyl (C=O) groups excluding carboxylic acids is 2. The van der Waals surface area contributed by atoms with Gasteiger partial charge in [-0.15, -0.1) is 0 Å². The van der Waals surface area contributed by atoms with E-state index in [0.29, 0.717) is 13.1 Å². The molecule has 0 spiro atoms. The van der Waals surface area contributed by atoms with Crippen LogP contribution in [-0.2, 0) is 9.59 Å². The molecule has 1 aliphatic heterocycles. The molecule has 4 heteroatoms. The number of amides is 1. The number of allylic oxidation sites excluding steroid dienone is 2. The summed E-state index contributed by atoms with van der Waals surface area (Å²) in [6, 6.07) is 1.95. The van der Waals surface area contributed by atoms with Gasteiger partial charge in [-0.3, -0.25) is 9.59 Å². The van der Waals surface area contributed by atoms with Crippen molar-refractivity contribution in [3.63, 3.8) is 0 Å². The quantitative estimate of drug-likeness (QED) is 0.590. The van der Waals surface area contributed by atoms with E-state index in [0.717, 1.165) is 12.8 Å². The second-order valence-electron chi connectivity index (χ2n) is 7.07. The zero-order valence-electron chi connectivity index (χ0n) is 13.3. The highest BCUT2D eigenvalue weighted by atomic mass is 16.2. The number of Topliss-reactive ketones (excluding diaryl/α,β-unsaturated/α-hetero) is 1. The Kier molecular flexibility index (Phi) is 4.22. The van der Waals surface area contributed by atoms with Crippen molar-refractivity contribution >= 4 is 11.7 Å². The number of likely N-dealkylation sites (tertiary alicyclic amines) is 1. The number of nitriles is 1. The first kappa shape index (κ1) is 15.8. The van der Waals surface area contributed by atoms with Gasteiger partial charge in [-0.1, -0.05) is 25.5 Å². The Morgan fingerprint density at radius 1 is 1.29 bits per heavy atom.